The summed E-state index contributed by atoms with van der Waals surface area (Å²) in [6.07, 6.45) is 6.79. The Morgan fingerprint density at radius 3 is 2.24 bits per heavy atom. The van der Waals surface area contributed by atoms with Crippen molar-refractivity contribution in [2.75, 3.05) is 17.1 Å². The van der Waals surface area contributed by atoms with E-state index in [9.17, 15) is 18.0 Å². The van der Waals surface area contributed by atoms with Gasteiger partial charge in [0.2, 0.25) is 21.8 Å². The lowest BCUT2D eigenvalue weighted by molar-refractivity contribution is -0.140. The van der Waals surface area contributed by atoms with Gasteiger partial charge in [-0.3, -0.25) is 13.9 Å². The first-order chi connectivity index (χ1) is 17.5. The topological polar surface area (TPSA) is 86.8 Å². The molecule has 0 unspecified atom stereocenters. The van der Waals surface area contributed by atoms with Gasteiger partial charge in [0, 0.05) is 12.6 Å². The van der Waals surface area contributed by atoms with E-state index in [2.05, 4.69) is 5.32 Å². The van der Waals surface area contributed by atoms with Crippen molar-refractivity contribution >= 4 is 27.5 Å². The van der Waals surface area contributed by atoms with Crippen LogP contribution in [0, 0.1) is 20.8 Å². The maximum absolute atomic E-state index is 13.9. The molecule has 37 heavy (non-hydrogen) atoms. The minimum absolute atomic E-state index is 0.119. The number of sulfonamides is 1. The quantitative estimate of drug-likeness (QED) is 0.488. The Balaban J connectivity index is 1.93. The van der Waals surface area contributed by atoms with Crippen molar-refractivity contribution in [3.63, 3.8) is 0 Å². The molecule has 202 valence electrons. The molecule has 0 saturated heterocycles. The average molecular weight is 528 g/mol. The molecule has 0 aromatic heterocycles. The van der Waals surface area contributed by atoms with Crippen LogP contribution in [0.15, 0.2) is 42.5 Å². The number of anilines is 1. The highest BCUT2D eigenvalue weighted by Gasteiger charge is 2.33. The summed E-state index contributed by atoms with van der Waals surface area (Å²) in [7, 11) is -3.75. The minimum atomic E-state index is -3.75. The summed E-state index contributed by atoms with van der Waals surface area (Å²) >= 11 is 0. The highest BCUT2D eigenvalue weighted by atomic mass is 32.2. The number of hydrogen-bond acceptors (Lipinski definition) is 4. The molecule has 0 radical (unpaired) electrons. The Morgan fingerprint density at radius 2 is 1.65 bits per heavy atom. The van der Waals surface area contributed by atoms with Crippen molar-refractivity contribution in [3.8, 4) is 0 Å². The minimum Gasteiger partial charge on any atom is -0.352 e. The van der Waals surface area contributed by atoms with E-state index < -0.39 is 22.0 Å². The Morgan fingerprint density at radius 1 is 0.973 bits per heavy atom. The van der Waals surface area contributed by atoms with Gasteiger partial charge in [-0.15, -0.1) is 0 Å². The van der Waals surface area contributed by atoms with Crippen LogP contribution in [0.2, 0.25) is 0 Å². The summed E-state index contributed by atoms with van der Waals surface area (Å²) in [5, 5.41) is 3.17. The second-order valence-electron chi connectivity index (χ2n) is 10.3. The molecule has 1 aliphatic carbocycles. The Hall–Kier alpha value is -2.87. The standard InChI is InChI=1S/C29H41N3O4S/c1-6-27(29(34)30-25-14-8-7-9-15-25)31(19-24-13-11-10-12-22(24)3)28(33)20-32(37(5,35)36)26-17-16-21(2)23(4)18-26/h10-13,16-18,25,27H,6-9,14-15,19-20H2,1-5H3,(H,30,34)/t27-/m1/s1. The van der Waals surface area contributed by atoms with Crippen LogP contribution >= 0.6 is 0 Å². The van der Waals surface area contributed by atoms with E-state index in [1.54, 1.807) is 17.0 Å². The number of carbonyl (C=O) groups excluding carboxylic acids is 2. The van der Waals surface area contributed by atoms with E-state index >= 15 is 0 Å². The molecule has 1 N–H and O–H groups in total. The molecule has 1 saturated carbocycles. The number of aryl methyl sites for hydroxylation is 3. The summed E-state index contributed by atoms with van der Waals surface area (Å²) in [6.45, 7) is 7.58. The average Bonchev–Trinajstić information content (AvgIpc) is 2.85. The summed E-state index contributed by atoms with van der Waals surface area (Å²) < 4.78 is 26.8. The van der Waals surface area contributed by atoms with E-state index in [0.29, 0.717) is 12.1 Å². The fourth-order valence-corrected chi connectivity index (χ4v) is 5.77. The second kappa shape index (κ2) is 12.6. The molecule has 1 fully saturated rings. The number of nitrogens with zero attached hydrogens (tertiary/aromatic N) is 2. The molecule has 1 aliphatic rings. The van der Waals surface area contributed by atoms with E-state index in [-0.39, 0.29) is 25.0 Å². The van der Waals surface area contributed by atoms with Crippen LogP contribution in [0.3, 0.4) is 0 Å². The molecular weight excluding hydrogens is 486 g/mol. The predicted octanol–water partition coefficient (Wildman–Crippen LogP) is 4.63. The van der Waals surface area contributed by atoms with Gasteiger partial charge in [-0.2, -0.15) is 0 Å². The first kappa shape index (κ1) is 28.7. The number of rotatable bonds is 10. The van der Waals surface area contributed by atoms with Crippen molar-refractivity contribution in [1.29, 1.82) is 0 Å². The fraction of sp³-hybridized carbons (Fsp3) is 0.517. The third-order valence-electron chi connectivity index (χ3n) is 7.40. The van der Waals surface area contributed by atoms with Crippen LogP contribution in [0.1, 0.15) is 67.7 Å². The third kappa shape index (κ3) is 7.57. The predicted molar refractivity (Wildman–Crippen MR) is 149 cm³/mol. The smallest absolute Gasteiger partial charge is 0.244 e. The highest BCUT2D eigenvalue weighted by Crippen LogP contribution is 2.23. The molecule has 8 heteroatoms. The van der Waals surface area contributed by atoms with Crippen molar-refractivity contribution in [3.05, 3.63) is 64.7 Å². The van der Waals surface area contributed by atoms with Gasteiger partial charge in [-0.05, 0) is 74.4 Å². The van der Waals surface area contributed by atoms with Crippen molar-refractivity contribution in [1.82, 2.24) is 10.2 Å². The molecule has 0 heterocycles. The molecule has 3 rings (SSSR count). The number of hydrogen-bond donors (Lipinski definition) is 1. The summed E-state index contributed by atoms with van der Waals surface area (Å²) in [5.74, 6) is -0.578. The van der Waals surface area contributed by atoms with Crippen molar-refractivity contribution in [2.45, 2.75) is 84.8 Å². The van der Waals surface area contributed by atoms with Crippen LogP contribution in [0.25, 0.3) is 0 Å². The molecular formula is C29H41N3O4S. The molecule has 2 amide bonds. The fourth-order valence-electron chi connectivity index (χ4n) is 4.93. The Labute approximate surface area is 222 Å². The lowest BCUT2D eigenvalue weighted by atomic mass is 9.95. The number of amides is 2. The van der Waals surface area contributed by atoms with Gasteiger partial charge >= 0.3 is 0 Å². The number of benzene rings is 2. The van der Waals surface area contributed by atoms with E-state index in [0.717, 1.165) is 58.5 Å². The molecule has 0 bridgehead atoms. The molecule has 0 spiro atoms. The van der Waals surface area contributed by atoms with Gasteiger partial charge in [0.25, 0.3) is 0 Å². The number of carbonyl (C=O) groups is 2. The summed E-state index contributed by atoms with van der Waals surface area (Å²) in [4.78, 5) is 28.9. The van der Waals surface area contributed by atoms with Gasteiger partial charge in [0.1, 0.15) is 12.6 Å². The van der Waals surface area contributed by atoms with Gasteiger partial charge in [-0.25, -0.2) is 8.42 Å². The zero-order valence-electron chi connectivity index (χ0n) is 22.8. The van der Waals surface area contributed by atoms with Crippen molar-refractivity contribution in [2.24, 2.45) is 0 Å². The Bertz CT molecular complexity index is 1210. The zero-order chi connectivity index (χ0) is 27.2. The molecule has 7 nitrogen and oxygen atoms in total. The van der Waals surface area contributed by atoms with Gasteiger partial charge in [0.15, 0.2) is 0 Å². The van der Waals surface area contributed by atoms with Crippen LogP contribution in [0.5, 0.6) is 0 Å². The third-order valence-corrected chi connectivity index (χ3v) is 8.54. The molecule has 2 aromatic carbocycles. The van der Waals surface area contributed by atoms with Crippen LogP contribution in [-0.4, -0.2) is 50.0 Å². The maximum Gasteiger partial charge on any atom is 0.244 e. The Kier molecular flexibility index (Phi) is 9.76. The van der Waals surface area contributed by atoms with Crippen LogP contribution in [-0.2, 0) is 26.2 Å². The van der Waals surface area contributed by atoms with Crippen LogP contribution in [0.4, 0.5) is 5.69 Å². The lowest BCUT2D eigenvalue weighted by Gasteiger charge is -2.34. The zero-order valence-corrected chi connectivity index (χ0v) is 23.6. The lowest BCUT2D eigenvalue weighted by Crippen LogP contribution is -2.54. The first-order valence-electron chi connectivity index (χ1n) is 13.2. The largest absolute Gasteiger partial charge is 0.352 e. The summed E-state index contributed by atoms with van der Waals surface area (Å²) in [5.41, 5.74) is 4.35. The van der Waals surface area contributed by atoms with E-state index in [1.165, 1.54) is 6.42 Å². The molecule has 1 atom stereocenters. The highest BCUT2D eigenvalue weighted by molar-refractivity contribution is 7.92. The molecule has 2 aromatic rings. The maximum atomic E-state index is 13.9. The van der Waals surface area contributed by atoms with E-state index in [1.807, 2.05) is 58.0 Å². The van der Waals surface area contributed by atoms with E-state index in [4.69, 9.17) is 0 Å². The monoisotopic (exact) mass is 527 g/mol. The normalized spacial score (nSPS) is 15.2. The summed E-state index contributed by atoms with van der Waals surface area (Å²) in [6, 6.07) is 12.5. The molecule has 0 aliphatic heterocycles. The number of nitrogens with one attached hydrogen (secondary N) is 1. The van der Waals surface area contributed by atoms with Gasteiger partial charge < -0.3 is 10.2 Å². The van der Waals surface area contributed by atoms with Gasteiger partial charge in [-0.1, -0.05) is 56.5 Å². The first-order valence-corrected chi connectivity index (χ1v) is 15.1. The second-order valence-corrected chi connectivity index (χ2v) is 12.2. The SMILES string of the molecule is CC[C@H](C(=O)NC1CCCCC1)N(Cc1ccccc1C)C(=O)CN(c1ccc(C)c(C)c1)S(C)(=O)=O. The van der Waals surface area contributed by atoms with Crippen molar-refractivity contribution < 1.29 is 18.0 Å². The van der Waals surface area contributed by atoms with Crippen LogP contribution < -0.4 is 9.62 Å². The van der Waals surface area contributed by atoms with Gasteiger partial charge in [0.05, 0.1) is 11.9 Å².